The van der Waals surface area contributed by atoms with E-state index < -0.39 is 6.04 Å². The average Bonchev–Trinajstić information content (AvgIpc) is 2.86. The molecule has 0 heterocycles. The van der Waals surface area contributed by atoms with Gasteiger partial charge in [-0.15, -0.1) is 0 Å². The van der Waals surface area contributed by atoms with Crippen molar-refractivity contribution in [2.45, 2.75) is 65.0 Å². The molecule has 0 saturated heterocycles. The van der Waals surface area contributed by atoms with Crippen LogP contribution < -0.4 is 5.32 Å². The molecule has 0 bridgehead atoms. The van der Waals surface area contributed by atoms with E-state index in [-0.39, 0.29) is 30.2 Å². The number of rotatable bonds is 10. The van der Waals surface area contributed by atoms with E-state index in [4.69, 9.17) is 23.2 Å². The Balaban J connectivity index is 1.89. The van der Waals surface area contributed by atoms with Gasteiger partial charge in [-0.2, -0.15) is 0 Å². The topological polar surface area (TPSA) is 49.4 Å². The molecular formula is C31H36Cl2N2O2. The van der Waals surface area contributed by atoms with Gasteiger partial charge in [0.05, 0.1) is 0 Å². The normalized spacial score (nSPS) is 12.2. The smallest absolute Gasteiger partial charge is 0.243 e. The SMILES string of the molecule is CCNC(=O)[C@@H](Cc1ccccc1)N(Cc1ccc(Cl)cc1Cl)C(=O)CCc1ccc(C(C)(C)C)cc1. The number of nitrogens with zero attached hydrogens (tertiary/aromatic N) is 1. The highest BCUT2D eigenvalue weighted by atomic mass is 35.5. The predicted molar refractivity (Wildman–Crippen MR) is 153 cm³/mol. The molecule has 6 heteroatoms. The second-order valence-corrected chi connectivity index (χ2v) is 11.1. The monoisotopic (exact) mass is 538 g/mol. The van der Waals surface area contributed by atoms with E-state index in [0.29, 0.717) is 29.4 Å². The number of hydrogen-bond acceptors (Lipinski definition) is 2. The van der Waals surface area contributed by atoms with E-state index >= 15 is 0 Å². The van der Waals surface area contributed by atoms with Gasteiger partial charge in [-0.1, -0.05) is 105 Å². The first kappa shape index (κ1) is 28.7. The Morgan fingerprint density at radius 1 is 0.919 bits per heavy atom. The largest absolute Gasteiger partial charge is 0.355 e. The number of aryl methyl sites for hydroxylation is 1. The zero-order valence-corrected chi connectivity index (χ0v) is 23.6. The highest BCUT2D eigenvalue weighted by molar-refractivity contribution is 6.35. The first-order chi connectivity index (χ1) is 17.6. The molecule has 3 rings (SSSR count). The van der Waals surface area contributed by atoms with E-state index in [1.165, 1.54) is 5.56 Å². The van der Waals surface area contributed by atoms with Crippen LogP contribution in [-0.2, 0) is 34.4 Å². The number of carbonyl (C=O) groups excluding carboxylic acids is 2. The molecule has 0 unspecified atom stereocenters. The maximum absolute atomic E-state index is 13.7. The zero-order valence-electron chi connectivity index (χ0n) is 22.1. The second-order valence-electron chi connectivity index (χ2n) is 10.3. The van der Waals surface area contributed by atoms with Crippen molar-refractivity contribution in [1.82, 2.24) is 10.2 Å². The molecule has 1 atom stereocenters. The van der Waals surface area contributed by atoms with Crippen molar-refractivity contribution in [1.29, 1.82) is 0 Å². The third-order valence-corrected chi connectivity index (χ3v) is 7.01. The number of nitrogens with one attached hydrogen (secondary N) is 1. The number of benzene rings is 3. The van der Waals surface area contributed by atoms with Crippen molar-refractivity contribution in [2.75, 3.05) is 6.54 Å². The molecule has 1 N–H and O–H groups in total. The van der Waals surface area contributed by atoms with Crippen LogP contribution in [0.2, 0.25) is 10.0 Å². The van der Waals surface area contributed by atoms with Gasteiger partial charge in [-0.25, -0.2) is 0 Å². The van der Waals surface area contributed by atoms with Crippen molar-refractivity contribution < 1.29 is 9.59 Å². The van der Waals surface area contributed by atoms with Crippen LogP contribution in [0.3, 0.4) is 0 Å². The number of amides is 2. The Morgan fingerprint density at radius 3 is 2.19 bits per heavy atom. The van der Waals surface area contributed by atoms with Gasteiger partial charge in [0, 0.05) is 36.0 Å². The van der Waals surface area contributed by atoms with Crippen LogP contribution in [0.5, 0.6) is 0 Å². The van der Waals surface area contributed by atoms with Crippen LogP contribution >= 0.6 is 23.2 Å². The Labute approximate surface area is 231 Å². The summed E-state index contributed by atoms with van der Waals surface area (Å²) in [5.74, 6) is -0.280. The van der Waals surface area contributed by atoms with E-state index in [0.717, 1.165) is 16.7 Å². The minimum absolute atomic E-state index is 0.0697. The quantitative estimate of drug-likeness (QED) is 0.302. The lowest BCUT2D eigenvalue weighted by molar-refractivity contribution is -0.141. The maximum Gasteiger partial charge on any atom is 0.243 e. The molecule has 3 aromatic rings. The summed E-state index contributed by atoms with van der Waals surface area (Å²) in [5.41, 5.74) is 4.14. The van der Waals surface area contributed by atoms with Crippen LogP contribution in [0.1, 0.15) is 56.4 Å². The van der Waals surface area contributed by atoms with Crippen LogP contribution in [0.15, 0.2) is 72.8 Å². The molecule has 0 saturated carbocycles. The van der Waals surface area contributed by atoms with Crippen molar-refractivity contribution in [2.24, 2.45) is 0 Å². The number of halogens is 2. The van der Waals surface area contributed by atoms with Gasteiger partial charge in [-0.3, -0.25) is 9.59 Å². The third kappa shape index (κ3) is 8.34. The zero-order chi connectivity index (χ0) is 27.0. The fraction of sp³-hybridized carbons (Fsp3) is 0.355. The highest BCUT2D eigenvalue weighted by Crippen LogP contribution is 2.25. The van der Waals surface area contributed by atoms with E-state index in [1.54, 1.807) is 17.0 Å². The summed E-state index contributed by atoms with van der Waals surface area (Å²) >= 11 is 12.6. The van der Waals surface area contributed by atoms with E-state index in [1.807, 2.05) is 43.3 Å². The predicted octanol–water partition coefficient (Wildman–Crippen LogP) is 7.00. The third-order valence-electron chi connectivity index (χ3n) is 6.43. The second kappa shape index (κ2) is 13.1. The molecule has 4 nitrogen and oxygen atoms in total. The van der Waals surface area contributed by atoms with E-state index in [2.05, 4.69) is 50.4 Å². The summed E-state index contributed by atoms with van der Waals surface area (Å²) in [4.78, 5) is 28.7. The molecule has 0 fully saturated rings. The molecule has 196 valence electrons. The lowest BCUT2D eigenvalue weighted by Gasteiger charge is -2.32. The van der Waals surface area contributed by atoms with Crippen molar-refractivity contribution in [3.8, 4) is 0 Å². The summed E-state index contributed by atoms with van der Waals surface area (Å²) in [6, 6.07) is 22.7. The summed E-state index contributed by atoms with van der Waals surface area (Å²) in [5, 5.41) is 3.91. The van der Waals surface area contributed by atoms with Crippen LogP contribution in [0, 0.1) is 0 Å². The molecule has 0 aliphatic heterocycles. The summed E-state index contributed by atoms with van der Waals surface area (Å²) in [7, 11) is 0. The Kier molecular flexibility index (Phi) is 10.2. The van der Waals surface area contributed by atoms with Crippen molar-refractivity contribution >= 4 is 35.0 Å². The summed E-state index contributed by atoms with van der Waals surface area (Å²) < 4.78 is 0. The van der Waals surface area contributed by atoms with Crippen molar-refractivity contribution in [3.05, 3.63) is 105 Å². The fourth-order valence-corrected chi connectivity index (χ4v) is 4.71. The molecule has 2 amide bonds. The highest BCUT2D eigenvalue weighted by Gasteiger charge is 2.30. The van der Waals surface area contributed by atoms with Gasteiger partial charge < -0.3 is 10.2 Å². The van der Waals surface area contributed by atoms with Gasteiger partial charge >= 0.3 is 0 Å². The number of likely N-dealkylation sites (N-methyl/N-ethyl adjacent to an activating group) is 1. The maximum atomic E-state index is 13.7. The first-order valence-corrected chi connectivity index (χ1v) is 13.5. The Bertz CT molecular complexity index is 1190. The molecule has 0 aromatic heterocycles. The van der Waals surface area contributed by atoms with Crippen LogP contribution in [0.25, 0.3) is 0 Å². The Morgan fingerprint density at radius 2 is 1.59 bits per heavy atom. The molecule has 0 aliphatic rings. The summed E-state index contributed by atoms with van der Waals surface area (Å²) in [6.45, 7) is 9.11. The van der Waals surface area contributed by atoms with Gasteiger partial charge in [0.25, 0.3) is 0 Å². The van der Waals surface area contributed by atoms with E-state index in [9.17, 15) is 9.59 Å². The van der Waals surface area contributed by atoms with Crippen LogP contribution in [-0.4, -0.2) is 29.3 Å². The lowest BCUT2D eigenvalue weighted by atomic mass is 9.86. The van der Waals surface area contributed by atoms with Gasteiger partial charge in [-0.05, 0) is 53.1 Å². The minimum atomic E-state index is -0.676. The standard InChI is InChI=1S/C31H36Cl2N2O2/c1-5-34-30(37)28(19-23-9-7-6-8-10-23)35(21-24-14-17-26(32)20-27(24)33)29(36)18-13-22-11-15-25(16-12-22)31(2,3)4/h6-12,14-17,20,28H,5,13,18-19,21H2,1-4H3,(H,34,37)/t28-/m1/s1. The molecule has 0 aliphatic carbocycles. The Hall–Kier alpha value is -2.82. The van der Waals surface area contributed by atoms with Crippen LogP contribution in [0.4, 0.5) is 0 Å². The molecule has 37 heavy (non-hydrogen) atoms. The van der Waals surface area contributed by atoms with Gasteiger partial charge in [0.2, 0.25) is 11.8 Å². The van der Waals surface area contributed by atoms with Gasteiger partial charge in [0.1, 0.15) is 6.04 Å². The first-order valence-electron chi connectivity index (χ1n) is 12.7. The molecular weight excluding hydrogens is 503 g/mol. The van der Waals surface area contributed by atoms with Gasteiger partial charge in [0.15, 0.2) is 0 Å². The minimum Gasteiger partial charge on any atom is -0.355 e. The molecule has 3 aromatic carbocycles. The molecule has 0 radical (unpaired) electrons. The summed E-state index contributed by atoms with van der Waals surface area (Å²) in [6.07, 6.45) is 1.27. The fourth-order valence-electron chi connectivity index (χ4n) is 4.25. The molecule has 0 spiro atoms. The number of carbonyl (C=O) groups is 2. The number of hydrogen-bond donors (Lipinski definition) is 1. The lowest BCUT2D eigenvalue weighted by Crippen LogP contribution is -2.50. The average molecular weight is 540 g/mol. The van der Waals surface area contributed by atoms with Crippen molar-refractivity contribution in [3.63, 3.8) is 0 Å².